The number of aromatic nitrogens is 2. The van der Waals surface area contributed by atoms with E-state index < -0.39 is 11.6 Å². The molecule has 0 aliphatic carbocycles. The van der Waals surface area contributed by atoms with Crippen LogP contribution < -0.4 is 0 Å². The molecule has 1 atom stereocenters. The van der Waals surface area contributed by atoms with E-state index in [4.69, 9.17) is 4.52 Å². The van der Waals surface area contributed by atoms with E-state index in [2.05, 4.69) is 26.1 Å². The van der Waals surface area contributed by atoms with Gasteiger partial charge < -0.3 is 9.42 Å². The Balaban J connectivity index is 1.48. The third-order valence-electron chi connectivity index (χ3n) is 4.40. The van der Waals surface area contributed by atoms with Gasteiger partial charge in [-0.05, 0) is 42.0 Å². The maximum Gasteiger partial charge on any atom is 0.232 e. The topological polar surface area (TPSA) is 59.2 Å². The van der Waals surface area contributed by atoms with Crippen molar-refractivity contribution in [3.05, 3.63) is 70.0 Å². The number of halogens is 3. The summed E-state index contributed by atoms with van der Waals surface area (Å²) in [5, 5.41) is 3.99. The third-order valence-corrected chi connectivity index (χ3v) is 4.93. The number of amides is 1. The maximum atomic E-state index is 13.3. The van der Waals surface area contributed by atoms with Crippen LogP contribution in [0.5, 0.6) is 0 Å². The second-order valence-electron chi connectivity index (χ2n) is 6.42. The van der Waals surface area contributed by atoms with Crippen molar-refractivity contribution < 1.29 is 18.1 Å². The van der Waals surface area contributed by atoms with Gasteiger partial charge in [0.1, 0.15) is 11.6 Å². The minimum Gasteiger partial charge on any atom is -0.339 e. The Morgan fingerprint density at radius 2 is 1.85 bits per heavy atom. The van der Waals surface area contributed by atoms with Crippen molar-refractivity contribution >= 4 is 21.8 Å². The number of hydrogen-bond donors (Lipinski definition) is 0. The van der Waals surface area contributed by atoms with Crippen molar-refractivity contribution in [3.63, 3.8) is 0 Å². The number of likely N-dealkylation sites (tertiary alicyclic amines) is 1. The first-order valence-electron chi connectivity index (χ1n) is 8.30. The minimum absolute atomic E-state index is 0.118. The van der Waals surface area contributed by atoms with Crippen LogP contribution in [-0.2, 0) is 11.3 Å². The summed E-state index contributed by atoms with van der Waals surface area (Å²) in [6, 6.07) is 10.7. The Morgan fingerprint density at radius 1 is 1.15 bits per heavy atom. The fourth-order valence-electron chi connectivity index (χ4n) is 3.13. The van der Waals surface area contributed by atoms with Gasteiger partial charge in [-0.1, -0.05) is 21.1 Å². The Labute approximate surface area is 162 Å². The quantitative estimate of drug-likeness (QED) is 0.615. The van der Waals surface area contributed by atoms with Gasteiger partial charge in [0.05, 0.1) is 5.92 Å². The molecule has 1 aromatic heterocycles. The molecule has 1 amide bonds. The first kappa shape index (κ1) is 17.8. The predicted molar refractivity (Wildman–Crippen MR) is 96.6 cm³/mol. The molecule has 0 saturated carbocycles. The van der Waals surface area contributed by atoms with Crippen LogP contribution in [-0.4, -0.2) is 27.5 Å². The van der Waals surface area contributed by atoms with Crippen LogP contribution in [0.15, 0.2) is 51.5 Å². The molecule has 0 radical (unpaired) electrons. The minimum atomic E-state index is -0.663. The Morgan fingerprint density at radius 3 is 2.56 bits per heavy atom. The van der Waals surface area contributed by atoms with Crippen molar-refractivity contribution in [2.75, 3.05) is 6.54 Å². The van der Waals surface area contributed by atoms with Gasteiger partial charge in [-0.15, -0.1) is 0 Å². The standard InChI is InChI=1S/C19H14BrF2N3O2/c20-14-3-1-12(2-4-14)18-23-19(27-24-18)13-7-17(26)25(10-13)9-11-5-15(21)8-16(22)6-11/h1-6,8,13H,7,9-10H2. The summed E-state index contributed by atoms with van der Waals surface area (Å²) in [6.07, 6.45) is 0.222. The lowest BCUT2D eigenvalue weighted by atomic mass is 10.1. The van der Waals surface area contributed by atoms with Crippen molar-refractivity contribution in [2.45, 2.75) is 18.9 Å². The van der Waals surface area contributed by atoms with Crippen LogP contribution in [0.4, 0.5) is 8.78 Å². The molecule has 1 aliphatic rings. The molecule has 1 aliphatic heterocycles. The van der Waals surface area contributed by atoms with Crippen molar-refractivity contribution in [1.82, 2.24) is 15.0 Å². The van der Waals surface area contributed by atoms with Gasteiger partial charge >= 0.3 is 0 Å². The first-order chi connectivity index (χ1) is 13.0. The molecule has 27 heavy (non-hydrogen) atoms. The first-order valence-corrected chi connectivity index (χ1v) is 9.09. The summed E-state index contributed by atoms with van der Waals surface area (Å²) >= 11 is 3.37. The summed E-state index contributed by atoms with van der Waals surface area (Å²) in [5.41, 5.74) is 1.21. The molecule has 0 N–H and O–H groups in total. The largest absolute Gasteiger partial charge is 0.339 e. The zero-order valence-corrected chi connectivity index (χ0v) is 15.6. The summed E-state index contributed by atoms with van der Waals surface area (Å²) in [6.45, 7) is 0.497. The molecule has 0 bridgehead atoms. The van der Waals surface area contributed by atoms with Crippen molar-refractivity contribution in [2.24, 2.45) is 0 Å². The third kappa shape index (κ3) is 3.90. The molecule has 1 unspecified atom stereocenters. The van der Waals surface area contributed by atoms with Crippen LogP contribution in [0.1, 0.15) is 23.8 Å². The molecule has 1 saturated heterocycles. The highest BCUT2D eigenvalue weighted by molar-refractivity contribution is 9.10. The van der Waals surface area contributed by atoms with E-state index in [9.17, 15) is 13.6 Å². The lowest BCUT2D eigenvalue weighted by Crippen LogP contribution is -2.24. The molecule has 5 nitrogen and oxygen atoms in total. The summed E-state index contributed by atoms with van der Waals surface area (Å²) in [7, 11) is 0. The SMILES string of the molecule is O=C1CC(c2nc(-c3ccc(Br)cc3)no2)CN1Cc1cc(F)cc(F)c1. The lowest BCUT2D eigenvalue weighted by Gasteiger charge is -2.16. The zero-order chi connectivity index (χ0) is 19.0. The highest BCUT2D eigenvalue weighted by Crippen LogP contribution is 2.30. The van der Waals surface area contributed by atoms with Gasteiger partial charge in [0.15, 0.2) is 0 Å². The van der Waals surface area contributed by atoms with Gasteiger partial charge in [0.2, 0.25) is 17.6 Å². The molecule has 8 heteroatoms. The maximum absolute atomic E-state index is 13.3. The zero-order valence-electron chi connectivity index (χ0n) is 14.0. The second-order valence-corrected chi connectivity index (χ2v) is 7.33. The van der Waals surface area contributed by atoms with Gasteiger partial charge in [0.25, 0.3) is 0 Å². The van der Waals surface area contributed by atoms with Gasteiger partial charge in [-0.3, -0.25) is 4.79 Å². The number of carbonyl (C=O) groups excluding carboxylic acids is 1. The Kier molecular flexibility index (Phi) is 4.73. The van der Waals surface area contributed by atoms with Crippen molar-refractivity contribution in [3.8, 4) is 11.4 Å². The van der Waals surface area contributed by atoms with Gasteiger partial charge in [0, 0.05) is 35.6 Å². The van der Waals surface area contributed by atoms with E-state index >= 15 is 0 Å². The van der Waals surface area contributed by atoms with Crippen LogP contribution in [0, 0.1) is 11.6 Å². The highest BCUT2D eigenvalue weighted by Gasteiger charge is 2.34. The van der Waals surface area contributed by atoms with Gasteiger partial charge in [-0.25, -0.2) is 8.78 Å². The molecule has 3 aromatic rings. The molecular formula is C19H14BrF2N3O2. The fraction of sp³-hybridized carbons (Fsp3) is 0.211. The van der Waals surface area contributed by atoms with E-state index in [0.29, 0.717) is 23.8 Å². The predicted octanol–water partition coefficient (Wildman–Crippen LogP) is 4.29. The van der Waals surface area contributed by atoms with E-state index in [1.165, 1.54) is 12.1 Å². The molecule has 2 aromatic carbocycles. The fourth-order valence-corrected chi connectivity index (χ4v) is 3.39. The average Bonchev–Trinajstić information content (AvgIpc) is 3.22. The molecule has 138 valence electrons. The average molecular weight is 434 g/mol. The number of hydrogen-bond acceptors (Lipinski definition) is 4. The number of carbonyl (C=O) groups is 1. The van der Waals surface area contributed by atoms with Crippen LogP contribution in [0.2, 0.25) is 0 Å². The molecule has 1 fully saturated rings. The number of rotatable bonds is 4. The number of benzene rings is 2. The lowest BCUT2D eigenvalue weighted by molar-refractivity contribution is -0.128. The molecule has 0 spiro atoms. The van der Waals surface area contributed by atoms with E-state index in [0.717, 1.165) is 16.1 Å². The molecular weight excluding hydrogens is 420 g/mol. The van der Waals surface area contributed by atoms with Crippen molar-refractivity contribution in [1.29, 1.82) is 0 Å². The van der Waals surface area contributed by atoms with Gasteiger partial charge in [-0.2, -0.15) is 4.98 Å². The van der Waals surface area contributed by atoms with Crippen LogP contribution in [0.25, 0.3) is 11.4 Å². The summed E-state index contributed by atoms with van der Waals surface area (Å²) < 4.78 is 33.0. The highest BCUT2D eigenvalue weighted by atomic mass is 79.9. The van der Waals surface area contributed by atoms with Crippen LogP contribution >= 0.6 is 15.9 Å². The smallest absolute Gasteiger partial charge is 0.232 e. The van der Waals surface area contributed by atoms with Crippen LogP contribution in [0.3, 0.4) is 0 Å². The molecule has 2 heterocycles. The molecule has 4 rings (SSSR count). The normalized spacial score (nSPS) is 16.9. The Bertz CT molecular complexity index is 971. The monoisotopic (exact) mass is 433 g/mol. The second kappa shape index (κ2) is 7.19. The van der Waals surface area contributed by atoms with E-state index in [-0.39, 0.29) is 24.8 Å². The van der Waals surface area contributed by atoms with E-state index in [1.54, 1.807) is 4.90 Å². The Hall–Kier alpha value is -2.61. The van der Waals surface area contributed by atoms with E-state index in [1.807, 2.05) is 24.3 Å². The summed E-state index contributed by atoms with van der Waals surface area (Å²) in [4.78, 5) is 18.2. The number of nitrogens with zero attached hydrogens (tertiary/aromatic N) is 3. The summed E-state index contributed by atoms with van der Waals surface area (Å²) in [5.74, 6) is -0.848.